The lowest BCUT2D eigenvalue weighted by Gasteiger charge is -2.41. The van der Waals surface area contributed by atoms with Gasteiger partial charge in [-0.05, 0) is 49.1 Å². The lowest BCUT2D eigenvalue weighted by Crippen LogP contribution is -2.51. The largest absolute Gasteiger partial charge is 0.316 e. The fraction of sp³-hybridized carbons (Fsp3) is 0.619. The second kappa shape index (κ2) is 4.49. The van der Waals surface area contributed by atoms with Gasteiger partial charge in [0.2, 0.25) is 0 Å². The summed E-state index contributed by atoms with van der Waals surface area (Å²) in [5.41, 5.74) is 10.2. The van der Waals surface area contributed by atoms with E-state index >= 15 is 0 Å². The van der Waals surface area contributed by atoms with Gasteiger partial charge in [-0.2, -0.15) is 0 Å². The molecular formula is C21H28N2. The molecule has 3 fully saturated rings. The molecule has 5 rings (SSSR count). The monoisotopic (exact) mass is 308 g/mol. The highest BCUT2D eigenvalue weighted by molar-refractivity contribution is 5.63. The Kier molecular flexibility index (Phi) is 2.78. The lowest BCUT2D eigenvalue weighted by molar-refractivity contribution is 0.0672. The molecule has 0 amide bonds. The van der Waals surface area contributed by atoms with E-state index in [4.69, 9.17) is 5.73 Å². The molecule has 1 aromatic rings. The van der Waals surface area contributed by atoms with Crippen molar-refractivity contribution in [2.24, 2.45) is 23.0 Å². The van der Waals surface area contributed by atoms with Gasteiger partial charge in [0, 0.05) is 11.5 Å². The van der Waals surface area contributed by atoms with E-state index in [1.165, 1.54) is 37.7 Å². The number of likely N-dealkylation sites (tertiary alicyclic amines) is 1. The normalized spacial score (nSPS) is 45.4. The number of piperidine rings is 1. The molecule has 5 unspecified atom stereocenters. The molecule has 23 heavy (non-hydrogen) atoms. The van der Waals surface area contributed by atoms with Crippen LogP contribution in [0.5, 0.6) is 0 Å². The topological polar surface area (TPSA) is 29.3 Å². The average molecular weight is 308 g/mol. The van der Waals surface area contributed by atoms with Gasteiger partial charge >= 0.3 is 0 Å². The van der Waals surface area contributed by atoms with Crippen molar-refractivity contribution in [3.05, 3.63) is 41.5 Å². The maximum absolute atomic E-state index is 6.58. The Morgan fingerprint density at radius 1 is 1.22 bits per heavy atom. The first-order valence-electron chi connectivity index (χ1n) is 9.45. The van der Waals surface area contributed by atoms with Gasteiger partial charge < -0.3 is 5.73 Å². The van der Waals surface area contributed by atoms with Crippen molar-refractivity contribution in [1.29, 1.82) is 0 Å². The third-order valence-corrected chi connectivity index (χ3v) is 7.60. The summed E-state index contributed by atoms with van der Waals surface area (Å²) in [5, 5.41) is 0. The zero-order valence-electron chi connectivity index (χ0n) is 14.3. The van der Waals surface area contributed by atoms with Crippen LogP contribution in [0.4, 0.5) is 0 Å². The van der Waals surface area contributed by atoms with Crippen molar-refractivity contribution in [3.63, 3.8) is 0 Å². The van der Waals surface area contributed by atoms with Gasteiger partial charge in [-0.1, -0.05) is 56.2 Å². The van der Waals surface area contributed by atoms with E-state index in [1.54, 1.807) is 5.56 Å². The van der Waals surface area contributed by atoms with Crippen molar-refractivity contribution in [2.45, 2.75) is 63.7 Å². The SMILES string of the molecule is CC(N)N1C2CCCC[C@@H]2C23CC12c1ccccc1C=CC3C. The summed E-state index contributed by atoms with van der Waals surface area (Å²) in [6.45, 7) is 4.67. The van der Waals surface area contributed by atoms with E-state index in [-0.39, 0.29) is 11.7 Å². The van der Waals surface area contributed by atoms with Gasteiger partial charge in [-0.25, -0.2) is 0 Å². The molecule has 2 N–H and O–H groups in total. The molecule has 0 radical (unpaired) electrons. The molecule has 1 heterocycles. The molecule has 4 aliphatic rings. The summed E-state index contributed by atoms with van der Waals surface area (Å²) in [4.78, 5) is 2.75. The van der Waals surface area contributed by atoms with Crippen molar-refractivity contribution in [2.75, 3.05) is 0 Å². The first-order chi connectivity index (χ1) is 11.1. The van der Waals surface area contributed by atoms with Gasteiger partial charge in [-0.15, -0.1) is 0 Å². The Morgan fingerprint density at radius 3 is 2.83 bits per heavy atom. The number of hydrogen-bond donors (Lipinski definition) is 1. The highest BCUT2D eigenvalue weighted by atomic mass is 15.4. The molecule has 1 aromatic carbocycles. The van der Waals surface area contributed by atoms with Crippen molar-refractivity contribution in [3.8, 4) is 0 Å². The minimum Gasteiger partial charge on any atom is -0.316 e. The molecule has 1 aliphatic heterocycles. The molecule has 3 aliphatic carbocycles. The number of benzene rings is 1. The highest BCUT2D eigenvalue weighted by Gasteiger charge is 2.82. The van der Waals surface area contributed by atoms with Gasteiger partial charge in [-0.3, -0.25) is 4.90 Å². The highest BCUT2D eigenvalue weighted by Crippen LogP contribution is 2.81. The quantitative estimate of drug-likeness (QED) is 0.846. The summed E-state index contributed by atoms with van der Waals surface area (Å²) in [5.74, 6) is 1.47. The molecule has 122 valence electrons. The molecule has 2 saturated carbocycles. The maximum atomic E-state index is 6.58. The molecule has 2 nitrogen and oxygen atoms in total. The lowest BCUT2D eigenvalue weighted by atomic mass is 9.70. The number of nitrogens with zero attached hydrogens (tertiary/aromatic N) is 1. The molecule has 1 saturated heterocycles. The Bertz CT molecular complexity index is 678. The fourth-order valence-electron chi connectivity index (χ4n) is 6.93. The molecule has 0 aromatic heterocycles. The van der Waals surface area contributed by atoms with E-state index in [9.17, 15) is 0 Å². The molecular weight excluding hydrogens is 280 g/mol. The minimum atomic E-state index is 0.142. The van der Waals surface area contributed by atoms with Crippen LogP contribution in [0.3, 0.4) is 0 Å². The Hall–Kier alpha value is -1.12. The first-order valence-corrected chi connectivity index (χ1v) is 9.45. The molecule has 6 atom stereocenters. The summed E-state index contributed by atoms with van der Waals surface area (Å²) < 4.78 is 0. The number of rotatable bonds is 1. The van der Waals surface area contributed by atoms with Crippen LogP contribution in [-0.4, -0.2) is 17.1 Å². The summed E-state index contributed by atoms with van der Waals surface area (Å²) in [6, 6.07) is 9.77. The Balaban J connectivity index is 1.76. The third-order valence-electron chi connectivity index (χ3n) is 7.60. The third kappa shape index (κ3) is 1.48. The Labute approximate surface area is 139 Å². The van der Waals surface area contributed by atoms with Crippen LogP contribution in [0.15, 0.2) is 30.3 Å². The van der Waals surface area contributed by atoms with Gasteiger partial charge in [0.1, 0.15) is 0 Å². The van der Waals surface area contributed by atoms with Crippen LogP contribution in [-0.2, 0) is 5.54 Å². The van der Waals surface area contributed by atoms with Crippen LogP contribution in [0.25, 0.3) is 6.08 Å². The number of nitrogens with two attached hydrogens (primary N) is 1. The van der Waals surface area contributed by atoms with E-state index in [0.29, 0.717) is 17.4 Å². The zero-order valence-corrected chi connectivity index (χ0v) is 14.3. The molecule has 0 bridgehead atoms. The second-order valence-corrected chi connectivity index (χ2v) is 8.42. The van der Waals surface area contributed by atoms with Gasteiger partial charge in [0.15, 0.2) is 0 Å². The summed E-state index contributed by atoms with van der Waals surface area (Å²) in [6.07, 6.45) is 11.8. The van der Waals surface area contributed by atoms with Gasteiger partial charge in [0.25, 0.3) is 0 Å². The number of fused-ring (bicyclic) bond motifs is 2. The van der Waals surface area contributed by atoms with E-state index < -0.39 is 0 Å². The molecule has 0 spiro atoms. The predicted molar refractivity (Wildman–Crippen MR) is 94.6 cm³/mol. The van der Waals surface area contributed by atoms with Crippen LogP contribution in [0, 0.1) is 17.3 Å². The van der Waals surface area contributed by atoms with Crippen molar-refractivity contribution >= 4 is 6.08 Å². The Morgan fingerprint density at radius 2 is 2.00 bits per heavy atom. The standard InChI is InChI=1S/C21H28N2/c1-14-11-12-16-7-3-4-8-17(16)21-13-20(14,21)18-9-5-6-10-19(18)23(21)15(2)22/h3-4,7-8,11-12,14-15,18-19H,5-6,9-10,13,22H2,1-2H3/t14?,15?,18-,19?,20?,21?/m0/s1. The van der Waals surface area contributed by atoms with E-state index in [0.717, 1.165) is 5.92 Å². The average Bonchev–Trinajstić information content (AvgIpc) is 3.19. The fourth-order valence-corrected chi connectivity index (χ4v) is 6.93. The predicted octanol–water partition coefficient (Wildman–Crippen LogP) is 4.11. The summed E-state index contributed by atoms with van der Waals surface area (Å²) >= 11 is 0. The number of hydrogen-bond acceptors (Lipinski definition) is 2. The first kappa shape index (κ1) is 14.2. The molecule has 2 heteroatoms. The van der Waals surface area contributed by atoms with E-state index in [2.05, 4.69) is 55.2 Å². The smallest absolute Gasteiger partial charge is 0.0556 e. The van der Waals surface area contributed by atoms with Crippen LogP contribution >= 0.6 is 0 Å². The summed E-state index contributed by atoms with van der Waals surface area (Å²) in [7, 11) is 0. The minimum absolute atomic E-state index is 0.142. The van der Waals surface area contributed by atoms with Crippen LogP contribution in [0.1, 0.15) is 57.1 Å². The van der Waals surface area contributed by atoms with Gasteiger partial charge in [0.05, 0.1) is 11.7 Å². The maximum Gasteiger partial charge on any atom is 0.0556 e. The second-order valence-electron chi connectivity index (χ2n) is 8.42. The van der Waals surface area contributed by atoms with Crippen molar-refractivity contribution in [1.82, 2.24) is 4.90 Å². The zero-order chi connectivity index (χ0) is 15.8. The van der Waals surface area contributed by atoms with Crippen LogP contribution < -0.4 is 5.73 Å². The number of allylic oxidation sites excluding steroid dienone is 1. The van der Waals surface area contributed by atoms with Crippen molar-refractivity contribution < 1.29 is 0 Å². The van der Waals surface area contributed by atoms with E-state index in [1.807, 2.05) is 0 Å². The van der Waals surface area contributed by atoms with Crippen LogP contribution in [0.2, 0.25) is 0 Å².